The summed E-state index contributed by atoms with van der Waals surface area (Å²) in [5.41, 5.74) is 6.04. The van der Waals surface area contributed by atoms with Gasteiger partial charge < -0.3 is 26.0 Å². The van der Waals surface area contributed by atoms with E-state index >= 15 is 0 Å². The second kappa shape index (κ2) is 9.86. The molecule has 10 nitrogen and oxygen atoms in total. The summed E-state index contributed by atoms with van der Waals surface area (Å²) in [5, 5.41) is 5.20. The number of carbonyl (C=O) groups excluding carboxylic acids is 2. The summed E-state index contributed by atoms with van der Waals surface area (Å²) in [7, 11) is -4.01. The normalized spacial score (nSPS) is 14.0. The first-order valence-corrected chi connectivity index (χ1v) is 11.2. The Morgan fingerprint density at radius 2 is 1.71 bits per heavy atom. The lowest BCUT2D eigenvalue weighted by molar-refractivity contribution is -0.115. The minimum Gasteiger partial charge on any atom is -0.378 e. The van der Waals surface area contributed by atoms with Gasteiger partial charge >= 0.3 is 6.03 Å². The predicted molar refractivity (Wildman–Crippen MR) is 118 cm³/mol. The number of hydrogen-bond donors (Lipinski definition) is 4. The number of nitrogens with zero attached hydrogens (tertiary/aromatic N) is 1. The van der Waals surface area contributed by atoms with Crippen molar-refractivity contribution in [2.24, 2.45) is 5.73 Å². The van der Waals surface area contributed by atoms with Crippen LogP contribution in [0.2, 0.25) is 5.02 Å². The number of anilines is 3. The van der Waals surface area contributed by atoms with Crippen molar-refractivity contribution in [1.29, 1.82) is 0 Å². The molecule has 1 aliphatic heterocycles. The van der Waals surface area contributed by atoms with Crippen LogP contribution in [-0.2, 0) is 19.6 Å². The number of nitrogens with one attached hydrogen (secondary N) is 3. The minimum absolute atomic E-state index is 0.00925. The Bertz CT molecular complexity index is 1060. The van der Waals surface area contributed by atoms with Crippen LogP contribution in [0.4, 0.5) is 21.9 Å². The van der Waals surface area contributed by atoms with Crippen molar-refractivity contribution in [2.45, 2.75) is 4.90 Å². The van der Waals surface area contributed by atoms with E-state index in [0.717, 1.165) is 0 Å². The first kappa shape index (κ1) is 22.7. The molecule has 0 bridgehead atoms. The molecule has 1 aliphatic rings. The van der Waals surface area contributed by atoms with Crippen molar-refractivity contribution >= 4 is 50.6 Å². The quantitative estimate of drug-likeness (QED) is 0.487. The van der Waals surface area contributed by atoms with Crippen LogP contribution >= 0.6 is 11.6 Å². The third-order valence-corrected chi connectivity index (χ3v) is 6.07. The molecule has 0 radical (unpaired) electrons. The second-order valence-corrected chi connectivity index (χ2v) is 8.75. The van der Waals surface area contributed by atoms with E-state index < -0.39 is 22.0 Å². The third kappa shape index (κ3) is 6.23. The fourth-order valence-electron chi connectivity index (χ4n) is 2.97. The number of halogens is 1. The molecule has 0 saturated carbocycles. The summed E-state index contributed by atoms with van der Waals surface area (Å²) in [6.07, 6.45) is 0. The average Bonchev–Trinajstić information content (AvgIpc) is 2.74. The van der Waals surface area contributed by atoms with Crippen molar-refractivity contribution in [3.8, 4) is 0 Å². The van der Waals surface area contributed by atoms with Crippen molar-refractivity contribution in [1.82, 2.24) is 5.32 Å². The van der Waals surface area contributed by atoms with Crippen molar-refractivity contribution in [3.05, 3.63) is 47.5 Å². The summed E-state index contributed by atoms with van der Waals surface area (Å²) in [6, 6.07) is 9.99. The molecule has 1 saturated heterocycles. The van der Waals surface area contributed by atoms with E-state index in [2.05, 4.69) is 15.4 Å². The number of primary amides is 1. The Kier molecular flexibility index (Phi) is 7.21. The molecule has 31 heavy (non-hydrogen) atoms. The number of hydrogen-bond acceptors (Lipinski definition) is 6. The lowest BCUT2D eigenvalue weighted by atomic mass is 10.2. The summed E-state index contributed by atoms with van der Waals surface area (Å²) in [6.45, 7) is 1.66. The van der Waals surface area contributed by atoms with E-state index in [9.17, 15) is 18.0 Å². The highest BCUT2D eigenvalue weighted by molar-refractivity contribution is 7.92. The number of amides is 3. The van der Waals surface area contributed by atoms with Crippen LogP contribution < -0.4 is 26.0 Å². The number of morpholine rings is 1. The summed E-state index contributed by atoms with van der Waals surface area (Å²) >= 11 is 5.87. The standard InChI is InChI=1S/C19H22ClN5O5S/c20-13-1-3-14(4-2-13)24-31(28,29)17-11-15(23-18(26)12-22-19(21)27)5-6-16(17)25-7-9-30-10-8-25/h1-6,11,24H,7-10,12H2,(H,23,26)(H3,21,22,27). The van der Waals surface area contributed by atoms with Crippen LogP contribution in [0.25, 0.3) is 0 Å². The molecule has 0 aliphatic carbocycles. The van der Waals surface area contributed by atoms with Gasteiger partial charge in [0.25, 0.3) is 10.0 Å². The molecular weight excluding hydrogens is 446 g/mol. The molecule has 0 atom stereocenters. The first-order chi connectivity index (χ1) is 14.7. The lowest BCUT2D eigenvalue weighted by Gasteiger charge is -2.30. The topological polar surface area (TPSA) is 143 Å². The maximum atomic E-state index is 13.2. The van der Waals surface area contributed by atoms with Gasteiger partial charge in [0.15, 0.2) is 0 Å². The smallest absolute Gasteiger partial charge is 0.312 e. The number of nitrogens with two attached hydrogens (primary N) is 1. The number of sulfonamides is 1. The van der Waals surface area contributed by atoms with E-state index in [1.165, 1.54) is 6.07 Å². The summed E-state index contributed by atoms with van der Waals surface area (Å²) in [4.78, 5) is 24.7. The van der Waals surface area contributed by atoms with E-state index in [0.29, 0.717) is 42.7 Å². The Labute approximate surface area is 184 Å². The highest BCUT2D eigenvalue weighted by atomic mass is 35.5. The molecule has 3 amide bonds. The van der Waals surface area contributed by atoms with Crippen LogP contribution in [0.3, 0.4) is 0 Å². The van der Waals surface area contributed by atoms with E-state index in [1.54, 1.807) is 36.4 Å². The van der Waals surface area contributed by atoms with Crippen LogP contribution in [0.5, 0.6) is 0 Å². The fraction of sp³-hybridized carbons (Fsp3) is 0.263. The first-order valence-electron chi connectivity index (χ1n) is 9.33. The Balaban J connectivity index is 1.92. The second-order valence-electron chi connectivity index (χ2n) is 6.66. The van der Waals surface area contributed by atoms with Crippen molar-refractivity contribution in [3.63, 3.8) is 0 Å². The molecule has 3 rings (SSSR count). The van der Waals surface area contributed by atoms with E-state index in [-0.39, 0.29) is 17.1 Å². The summed E-state index contributed by atoms with van der Waals surface area (Å²) in [5.74, 6) is -0.549. The van der Waals surface area contributed by atoms with Crippen LogP contribution in [0, 0.1) is 0 Å². The van der Waals surface area contributed by atoms with Gasteiger partial charge in [0.2, 0.25) is 5.91 Å². The van der Waals surface area contributed by atoms with Gasteiger partial charge in [0.1, 0.15) is 4.90 Å². The summed E-state index contributed by atoms with van der Waals surface area (Å²) < 4.78 is 34.3. The molecule has 0 spiro atoms. The average molecular weight is 468 g/mol. The van der Waals surface area contributed by atoms with Gasteiger partial charge in [-0.3, -0.25) is 9.52 Å². The molecule has 2 aromatic carbocycles. The van der Waals surface area contributed by atoms with Gasteiger partial charge in [0.05, 0.1) is 25.4 Å². The molecule has 0 aromatic heterocycles. The zero-order valence-corrected chi connectivity index (χ0v) is 18.0. The van der Waals surface area contributed by atoms with Gasteiger partial charge in [-0.15, -0.1) is 0 Å². The molecule has 1 heterocycles. The molecule has 12 heteroatoms. The monoisotopic (exact) mass is 467 g/mol. The van der Waals surface area contributed by atoms with Gasteiger partial charge in [-0.1, -0.05) is 11.6 Å². The predicted octanol–water partition coefficient (Wildman–Crippen LogP) is 1.58. The van der Waals surface area contributed by atoms with Gasteiger partial charge in [-0.25, -0.2) is 13.2 Å². The minimum atomic E-state index is -4.01. The van der Waals surface area contributed by atoms with Crippen LogP contribution in [0.15, 0.2) is 47.4 Å². The number of rotatable bonds is 7. The number of benzene rings is 2. The largest absolute Gasteiger partial charge is 0.378 e. The van der Waals surface area contributed by atoms with Crippen molar-refractivity contribution < 1.29 is 22.7 Å². The molecule has 166 valence electrons. The SMILES string of the molecule is NC(=O)NCC(=O)Nc1ccc(N2CCOCC2)c(S(=O)(=O)Nc2ccc(Cl)cc2)c1. The van der Waals surface area contributed by atoms with Crippen molar-refractivity contribution in [2.75, 3.05) is 47.8 Å². The third-order valence-electron chi connectivity index (χ3n) is 4.40. The van der Waals surface area contributed by atoms with Gasteiger partial charge in [-0.2, -0.15) is 0 Å². The highest BCUT2D eigenvalue weighted by Crippen LogP contribution is 2.31. The molecule has 1 fully saturated rings. The van der Waals surface area contributed by atoms with Gasteiger partial charge in [0, 0.05) is 29.5 Å². The zero-order valence-electron chi connectivity index (χ0n) is 16.4. The molecule has 5 N–H and O–H groups in total. The Morgan fingerprint density at radius 1 is 1.06 bits per heavy atom. The van der Waals surface area contributed by atoms with E-state index in [1.807, 2.05) is 4.90 Å². The number of ether oxygens (including phenoxy) is 1. The Morgan fingerprint density at radius 3 is 2.35 bits per heavy atom. The maximum Gasteiger partial charge on any atom is 0.312 e. The van der Waals surface area contributed by atoms with Gasteiger partial charge in [-0.05, 0) is 42.5 Å². The molecule has 0 unspecified atom stereocenters. The van der Waals surface area contributed by atoms with Crippen LogP contribution in [-0.4, -0.2) is 53.2 Å². The molecular formula is C19H22ClN5O5S. The number of carbonyl (C=O) groups is 2. The highest BCUT2D eigenvalue weighted by Gasteiger charge is 2.24. The van der Waals surface area contributed by atoms with E-state index in [4.69, 9.17) is 22.1 Å². The maximum absolute atomic E-state index is 13.2. The fourth-order valence-corrected chi connectivity index (χ4v) is 4.41. The zero-order chi connectivity index (χ0) is 22.4. The molecule has 2 aromatic rings. The lowest BCUT2D eigenvalue weighted by Crippen LogP contribution is -2.37. The van der Waals surface area contributed by atoms with Crippen LogP contribution in [0.1, 0.15) is 0 Å². The Hall–Kier alpha value is -3.02. The number of urea groups is 1.